The largest absolute Gasteiger partial charge is 0.497 e. The van der Waals surface area contributed by atoms with E-state index in [0.717, 1.165) is 11.1 Å². The van der Waals surface area contributed by atoms with Crippen LogP contribution in [0, 0.1) is 17.0 Å². The molecular formula is C25H22N4O4. The minimum Gasteiger partial charge on any atom is -0.497 e. The summed E-state index contributed by atoms with van der Waals surface area (Å²) in [5.74, 6) is 0.681. The number of H-pyrrole nitrogens is 1. The van der Waals surface area contributed by atoms with Gasteiger partial charge in [-0.05, 0) is 43.7 Å². The molecule has 0 fully saturated rings. The molecular weight excluding hydrogens is 420 g/mol. The van der Waals surface area contributed by atoms with E-state index in [1.165, 1.54) is 16.8 Å². The van der Waals surface area contributed by atoms with Crippen LogP contribution in [0.1, 0.15) is 18.1 Å². The molecule has 0 saturated heterocycles. The normalized spacial score (nSPS) is 11.4. The van der Waals surface area contributed by atoms with Crippen LogP contribution < -0.4 is 10.3 Å². The maximum atomic E-state index is 13.5. The lowest BCUT2D eigenvalue weighted by atomic mass is 10.0. The van der Waals surface area contributed by atoms with E-state index in [1.807, 2.05) is 37.3 Å². The Hall–Kier alpha value is -4.46. The van der Waals surface area contributed by atoms with E-state index in [-0.39, 0.29) is 11.2 Å². The Bertz CT molecular complexity index is 1400. The Morgan fingerprint density at radius 3 is 2.39 bits per heavy atom. The number of nitro benzene ring substituents is 1. The van der Waals surface area contributed by atoms with Gasteiger partial charge in [-0.3, -0.25) is 25.0 Å². The number of methoxy groups -OCH3 is 1. The van der Waals surface area contributed by atoms with Gasteiger partial charge in [0.25, 0.3) is 11.2 Å². The van der Waals surface area contributed by atoms with Gasteiger partial charge in [0, 0.05) is 17.7 Å². The van der Waals surface area contributed by atoms with Crippen molar-refractivity contribution in [2.45, 2.75) is 13.8 Å². The molecule has 1 aromatic heterocycles. The van der Waals surface area contributed by atoms with Crippen molar-refractivity contribution in [3.05, 3.63) is 104 Å². The lowest BCUT2D eigenvalue weighted by molar-refractivity contribution is -0.384. The van der Waals surface area contributed by atoms with Gasteiger partial charge in [-0.1, -0.05) is 36.4 Å². The fourth-order valence-electron chi connectivity index (χ4n) is 3.57. The van der Waals surface area contributed by atoms with Gasteiger partial charge in [-0.2, -0.15) is 0 Å². The zero-order chi connectivity index (χ0) is 23.5. The molecule has 0 radical (unpaired) electrons. The standard InChI is InChI=1S/C25H22N4O4/c1-16-9-10-20(29(31)32)15-22(16)26-17(2)23-24(18-7-5-4-6-8-18)27-28(25(23)30)19-11-13-21(33-3)14-12-19/h4-15,27H,1-3H3. The van der Waals surface area contributed by atoms with Gasteiger partial charge in [0.2, 0.25) is 0 Å². The third kappa shape index (κ3) is 4.31. The van der Waals surface area contributed by atoms with Crippen molar-refractivity contribution >= 4 is 17.1 Å². The zero-order valence-electron chi connectivity index (χ0n) is 18.4. The first kappa shape index (κ1) is 21.8. The molecule has 0 aliphatic carbocycles. The molecule has 1 heterocycles. The summed E-state index contributed by atoms with van der Waals surface area (Å²) in [7, 11) is 1.58. The van der Waals surface area contributed by atoms with Gasteiger partial charge in [0.1, 0.15) is 5.75 Å². The molecule has 166 valence electrons. The summed E-state index contributed by atoms with van der Waals surface area (Å²) in [6.07, 6.45) is 0. The lowest BCUT2D eigenvalue weighted by Gasteiger charge is -2.05. The van der Waals surface area contributed by atoms with Crippen molar-refractivity contribution in [3.8, 4) is 22.7 Å². The first-order valence-corrected chi connectivity index (χ1v) is 10.2. The Morgan fingerprint density at radius 2 is 1.76 bits per heavy atom. The maximum absolute atomic E-state index is 13.5. The van der Waals surface area contributed by atoms with Crippen molar-refractivity contribution in [3.63, 3.8) is 0 Å². The monoisotopic (exact) mass is 442 g/mol. The fraction of sp³-hybridized carbons (Fsp3) is 0.120. The van der Waals surface area contributed by atoms with E-state index >= 15 is 0 Å². The Kier molecular flexibility index (Phi) is 5.91. The number of non-ortho nitro benzene ring substituents is 1. The van der Waals surface area contributed by atoms with E-state index in [4.69, 9.17) is 4.74 Å². The number of aromatic amines is 1. The van der Waals surface area contributed by atoms with Crippen molar-refractivity contribution in [1.82, 2.24) is 9.78 Å². The summed E-state index contributed by atoms with van der Waals surface area (Å²) >= 11 is 0. The second kappa shape index (κ2) is 8.96. The molecule has 0 spiro atoms. The summed E-state index contributed by atoms with van der Waals surface area (Å²) in [5, 5.41) is 14.4. The number of aliphatic imine (C=N–C) groups is 1. The second-order valence-electron chi connectivity index (χ2n) is 7.49. The van der Waals surface area contributed by atoms with Crippen LogP contribution in [0.2, 0.25) is 0 Å². The zero-order valence-corrected chi connectivity index (χ0v) is 18.4. The number of hydrogen-bond acceptors (Lipinski definition) is 5. The van der Waals surface area contributed by atoms with Crippen LogP contribution >= 0.6 is 0 Å². The summed E-state index contributed by atoms with van der Waals surface area (Å²) in [6, 6.07) is 21.1. The number of rotatable bonds is 6. The highest BCUT2D eigenvalue weighted by molar-refractivity contribution is 6.05. The summed E-state index contributed by atoms with van der Waals surface area (Å²) in [5.41, 5.74) is 3.80. The van der Waals surface area contributed by atoms with Gasteiger partial charge < -0.3 is 4.74 Å². The number of ether oxygens (including phenoxy) is 1. The number of aromatic nitrogens is 2. The minimum absolute atomic E-state index is 0.0554. The fourth-order valence-corrected chi connectivity index (χ4v) is 3.57. The van der Waals surface area contributed by atoms with Crippen LogP contribution in [-0.2, 0) is 0 Å². The smallest absolute Gasteiger partial charge is 0.280 e. The molecule has 0 saturated carbocycles. The first-order chi connectivity index (χ1) is 15.9. The molecule has 0 aliphatic rings. The average Bonchev–Trinajstić information content (AvgIpc) is 3.18. The predicted molar refractivity (Wildman–Crippen MR) is 128 cm³/mol. The second-order valence-corrected chi connectivity index (χ2v) is 7.49. The van der Waals surface area contributed by atoms with Crippen LogP contribution in [0.25, 0.3) is 16.9 Å². The molecule has 0 atom stereocenters. The topological polar surface area (TPSA) is 103 Å². The van der Waals surface area contributed by atoms with Gasteiger partial charge in [-0.15, -0.1) is 0 Å². The quantitative estimate of drug-likeness (QED) is 0.252. The molecule has 0 bridgehead atoms. The Morgan fingerprint density at radius 1 is 1.06 bits per heavy atom. The summed E-state index contributed by atoms with van der Waals surface area (Å²) < 4.78 is 6.67. The number of hydrogen-bond donors (Lipinski definition) is 1. The molecule has 8 nitrogen and oxygen atoms in total. The van der Waals surface area contributed by atoms with Gasteiger partial charge >= 0.3 is 0 Å². The summed E-state index contributed by atoms with van der Waals surface area (Å²) in [6.45, 7) is 3.55. The SMILES string of the molecule is COc1ccc(-n2[nH]c(-c3ccccc3)c(C(C)=Nc3cc([N+](=O)[O-])ccc3C)c2=O)cc1. The average molecular weight is 442 g/mol. The van der Waals surface area contributed by atoms with E-state index in [2.05, 4.69) is 10.1 Å². The van der Waals surface area contributed by atoms with Crippen molar-refractivity contribution in [1.29, 1.82) is 0 Å². The first-order valence-electron chi connectivity index (χ1n) is 10.2. The molecule has 33 heavy (non-hydrogen) atoms. The Labute approximate surface area is 189 Å². The molecule has 3 aromatic carbocycles. The van der Waals surface area contributed by atoms with Gasteiger partial charge in [-0.25, -0.2) is 4.68 Å². The van der Waals surface area contributed by atoms with Crippen molar-refractivity contribution in [2.24, 2.45) is 4.99 Å². The van der Waals surface area contributed by atoms with E-state index in [0.29, 0.717) is 34.1 Å². The molecule has 4 rings (SSSR count). The maximum Gasteiger partial charge on any atom is 0.280 e. The van der Waals surface area contributed by atoms with Crippen molar-refractivity contribution in [2.75, 3.05) is 7.11 Å². The van der Waals surface area contributed by atoms with E-state index in [1.54, 1.807) is 44.4 Å². The van der Waals surface area contributed by atoms with E-state index < -0.39 is 4.92 Å². The Balaban J connectivity index is 1.90. The molecule has 0 unspecified atom stereocenters. The van der Waals surface area contributed by atoms with Crippen LogP contribution in [0.4, 0.5) is 11.4 Å². The molecule has 4 aromatic rings. The summed E-state index contributed by atoms with van der Waals surface area (Å²) in [4.78, 5) is 28.9. The van der Waals surface area contributed by atoms with Crippen LogP contribution in [0.3, 0.4) is 0 Å². The lowest BCUT2D eigenvalue weighted by Crippen LogP contribution is -2.19. The van der Waals surface area contributed by atoms with Gasteiger partial charge in [0.05, 0.1) is 40.4 Å². The van der Waals surface area contributed by atoms with Crippen LogP contribution in [-0.4, -0.2) is 27.5 Å². The predicted octanol–water partition coefficient (Wildman–Crippen LogP) is 5.20. The third-order valence-corrected chi connectivity index (χ3v) is 5.34. The highest BCUT2D eigenvalue weighted by Gasteiger charge is 2.20. The number of nitrogens with zero attached hydrogens (tertiary/aromatic N) is 3. The molecule has 0 amide bonds. The molecule has 8 heteroatoms. The minimum atomic E-state index is -0.462. The number of nitrogens with one attached hydrogen (secondary N) is 1. The number of aryl methyl sites for hydroxylation is 1. The third-order valence-electron chi connectivity index (χ3n) is 5.34. The van der Waals surface area contributed by atoms with Crippen molar-refractivity contribution < 1.29 is 9.66 Å². The van der Waals surface area contributed by atoms with Crippen LogP contribution in [0.5, 0.6) is 5.75 Å². The number of nitro groups is 1. The molecule has 1 N–H and O–H groups in total. The number of benzene rings is 3. The highest BCUT2D eigenvalue weighted by atomic mass is 16.6. The van der Waals surface area contributed by atoms with Crippen LogP contribution in [0.15, 0.2) is 82.6 Å². The molecule has 0 aliphatic heterocycles. The van der Waals surface area contributed by atoms with Gasteiger partial charge in [0.15, 0.2) is 0 Å². The highest BCUT2D eigenvalue weighted by Crippen LogP contribution is 2.27. The van der Waals surface area contributed by atoms with E-state index in [9.17, 15) is 14.9 Å².